The van der Waals surface area contributed by atoms with Gasteiger partial charge in [0, 0.05) is 49.5 Å². The van der Waals surface area contributed by atoms with Crippen LogP contribution in [-0.4, -0.2) is 55.8 Å². The summed E-state index contributed by atoms with van der Waals surface area (Å²) < 4.78 is 11.5. The Morgan fingerprint density at radius 3 is 2.33 bits per heavy atom. The van der Waals surface area contributed by atoms with E-state index in [4.69, 9.17) is 21.1 Å². The Morgan fingerprint density at radius 2 is 1.65 bits per heavy atom. The molecule has 3 aromatic carbocycles. The smallest absolute Gasteiger partial charge is 0.339 e. The molecule has 1 fully saturated rings. The fourth-order valence-corrected chi connectivity index (χ4v) is 5.81. The number of anilines is 1. The van der Waals surface area contributed by atoms with Crippen molar-refractivity contribution in [3.8, 4) is 17.2 Å². The molecule has 7 heteroatoms. The Kier molecular flexibility index (Phi) is 8.38. The van der Waals surface area contributed by atoms with Crippen molar-refractivity contribution < 1.29 is 19.4 Å². The Labute approximate surface area is 241 Å². The van der Waals surface area contributed by atoms with E-state index in [1.54, 1.807) is 25.3 Å². The van der Waals surface area contributed by atoms with Crippen LogP contribution in [0.15, 0.2) is 72.3 Å². The van der Waals surface area contributed by atoms with E-state index in [0.717, 1.165) is 56.3 Å². The van der Waals surface area contributed by atoms with Crippen molar-refractivity contribution in [3.05, 3.63) is 88.5 Å². The number of benzene rings is 3. The van der Waals surface area contributed by atoms with Crippen LogP contribution in [0.25, 0.3) is 5.57 Å². The largest absolute Gasteiger partial charge is 0.493 e. The first-order chi connectivity index (χ1) is 19.2. The zero-order valence-electron chi connectivity index (χ0n) is 23.5. The van der Waals surface area contributed by atoms with Crippen molar-refractivity contribution in [2.24, 2.45) is 5.41 Å². The number of carboxylic acids is 1. The second kappa shape index (κ2) is 11.9. The molecular formula is C33H37ClN2O4. The van der Waals surface area contributed by atoms with Crippen LogP contribution < -0.4 is 14.4 Å². The third-order valence-electron chi connectivity index (χ3n) is 8.01. The minimum Gasteiger partial charge on any atom is -0.493 e. The van der Waals surface area contributed by atoms with E-state index >= 15 is 0 Å². The standard InChI is InChI=1S/C33H37ClN2O4/c1-33(2)15-14-24(28(21-33)23-8-10-25(34)11-9-23)22-35-16-18-36(19-17-35)26-12-13-27(32(37)38)31(20-26)40-30-7-5-4-6-29(30)39-3/h4-13,20H,14-19,21-22H2,1-3H3,(H,37,38). The molecule has 1 aliphatic carbocycles. The van der Waals surface area contributed by atoms with Gasteiger partial charge in [-0.1, -0.05) is 55.3 Å². The zero-order chi connectivity index (χ0) is 28.3. The number of allylic oxidation sites excluding steroid dienone is 1. The summed E-state index contributed by atoms with van der Waals surface area (Å²) in [6.07, 6.45) is 3.39. The molecule has 0 unspecified atom stereocenters. The summed E-state index contributed by atoms with van der Waals surface area (Å²) in [6.45, 7) is 9.28. The van der Waals surface area contributed by atoms with Crippen LogP contribution in [0.2, 0.25) is 5.02 Å². The van der Waals surface area contributed by atoms with Gasteiger partial charge >= 0.3 is 5.97 Å². The predicted molar refractivity (Wildman–Crippen MR) is 161 cm³/mol. The highest BCUT2D eigenvalue weighted by Gasteiger charge is 2.29. The van der Waals surface area contributed by atoms with E-state index < -0.39 is 5.97 Å². The van der Waals surface area contributed by atoms with Crippen LogP contribution in [0.4, 0.5) is 5.69 Å². The highest BCUT2D eigenvalue weighted by Crippen LogP contribution is 2.43. The summed E-state index contributed by atoms with van der Waals surface area (Å²) in [5, 5.41) is 10.5. The molecule has 5 rings (SSSR count). The van der Waals surface area contributed by atoms with E-state index in [1.165, 1.54) is 23.1 Å². The third kappa shape index (κ3) is 6.45. The minimum atomic E-state index is -1.03. The number of rotatable bonds is 8. The van der Waals surface area contributed by atoms with E-state index in [9.17, 15) is 9.90 Å². The lowest BCUT2D eigenvalue weighted by atomic mass is 9.72. The normalized spacial score (nSPS) is 17.6. The number of ether oxygens (including phenoxy) is 2. The van der Waals surface area contributed by atoms with Crippen molar-refractivity contribution in [1.29, 1.82) is 0 Å². The highest BCUT2D eigenvalue weighted by molar-refractivity contribution is 6.30. The molecule has 3 aromatic rings. The number of aromatic carboxylic acids is 1. The quantitative estimate of drug-likeness (QED) is 0.306. The highest BCUT2D eigenvalue weighted by atomic mass is 35.5. The number of carbonyl (C=O) groups is 1. The molecular weight excluding hydrogens is 524 g/mol. The van der Waals surface area contributed by atoms with Gasteiger partial charge in [0.15, 0.2) is 11.5 Å². The number of carboxylic acid groups (broad SMARTS) is 1. The first-order valence-electron chi connectivity index (χ1n) is 13.8. The number of para-hydroxylation sites is 2. The molecule has 0 bridgehead atoms. The van der Waals surface area contributed by atoms with Crippen molar-refractivity contribution in [2.45, 2.75) is 33.1 Å². The van der Waals surface area contributed by atoms with Crippen LogP contribution in [-0.2, 0) is 0 Å². The summed E-state index contributed by atoms with van der Waals surface area (Å²) in [7, 11) is 1.57. The second-order valence-corrected chi connectivity index (χ2v) is 11.9. The average Bonchev–Trinajstić information content (AvgIpc) is 2.95. The third-order valence-corrected chi connectivity index (χ3v) is 8.27. The van der Waals surface area contributed by atoms with Gasteiger partial charge in [-0.2, -0.15) is 0 Å². The number of nitrogens with zero attached hydrogens (tertiary/aromatic N) is 2. The fraction of sp³-hybridized carbons (Fsp3) is 0.364. The molecule has 0 saturated carbocycles. The number of piperazine rings is 1. The summed E-state index contributed by atoms with van der Waals surface area (Å²) in [5.74, 6) is 0.312. The number of halogens is 1. The molecule has 0 aromatic heterocycles. The molecule has 6 nitrogen and oxygen atoms in total. The average molecular weight is 561 g/mol. The van der Waals surface area contributed by atoms with Gasteiger partial charge in [-0.05, 0) is 72.2 Å². The van der Waals surface area contributed by atoms with Gasteiger partial charge in [0.05, 0.1) is 7.11 Å². The fourth-order valence-electron chi connectivity index (χ4n) is 5.69. The van der Waals surface area contributed by atoms with Gasteiger partial charge in [-0.15, -0.1) is 0 Å². The Morgan fingerprint density at radius 1 is 0.950 bits per heavy atom. The lowest BCUT2D eigenvalue weighted by Gasteiger charge is -2.39. The first-order valence-corrected chi connectivity index (χ1v) is 14.2. The molecule has 0 spiro atoms. The predicted octanol–water partition coefficient (Wildman–Crippen LogP) is 7.63. The molecule has 0 amide bonds. The Bertz CT molecular complexity index is 1390. The van der Waals surface area contributed by atoms with E-state index in [0.29, 0.717) is 22.7 Å². The van der Waals surface area contributed by atoms with Gasteiger partial charge in [0.1, 0.15) is 11.3 Å². The topological polar surface area (TPSA) is 62.2 Å². The van der Waals surface area contributed by atoms with E-state index in [1.807, 2.05) is 36.4 Å². The molecule has 0 atom stereocenters. The van der Waals surface area contributed by atoms with Crippen molar-refractivity contribution in [2.75, 3.05) is 44.7 Å². The van der Waals surface area contributed by atoms with Crippen molar-refractivity contribution in [3.63, 3.8) is 0 Å². The lowest BCUT2D eigenvalue weighted by Crippen LogP contribution is -2.47. The van der Waals surface area contributed by atoms with Crippen molar-refractivity contribution >= 4 is 28.8 Å². The molecule has 1 saturated heterocycles. The van der Waals surface area contributed by atoms with Gasteiger partial charge in [0.25, 0.3) is 0 Å². The number of hydrogen-bond acceptors (Lipinski definition) is 5. The van der Waals surface area contributed by atoms with E-state index in [-0.39, 0.29) is 5.56 Å². The van der Waals surface area contributed by atoms with Crippen LogP contribution in [0.3, 0.4) is 0 Å². The first kappa shape index (κ1) is 28.1. The molecule has 1 N–H and O–H groups in total. The molecule has 1 heterocycles. The van der Waals surface area contributed by atoms with Crippen LogP contribution in [0, 0.1) is 5.41 Å². The van der Waals surface area contributed by atoms with Crippen molar-refractivity contribution in [1.82, 2.24) is 4.90 Å². The summed E-state index contributed by atoms with van der Waals surface area (Å²) in [5.41, 5.74) is 5.66. The van der Waals surface area contributed by atoms with Gasteiger partial charge in [-0.25, -0.2) is 4.79 Å². The van der Waals surface area contributed by atoms with Crippen LogP contribution in [0.1, 0.15) is 49.0 Å². The number of methoxy groups -OCH3 is 1. The van der Waals surface area contributed by atoms with Crippen LogP contribution in [0.5, 0.6) is 17.2 Å². The molecule has 0 radical (unpaired) electrons. The molecule has 2 aliphatic rings. The maximum atomic E-state index is 11.9. The second-order valence-electron chi connectivity index (χ2n) is 11.4. The van der Waals surface area contributed by atoms with Gasteiger partial charge in [-0.3, -0.25) is 4.90 Å². The summed E-state index contributed by atoms with van der Waals surface area (Å²) in [4.78, 5) is 16.8. The monoisotopic (exact) mass is 560 g/mol. The minimum absolute atomic E-state index is 0.121. The molecule has 210 valence electrons. The number of hydrogen-bond donors (Lipinski definition) is 1. The zero-order valence-corrected chi connectivity index (χ0v) is 24.2. The maximum absolute atomic E-state index is 11.9. The van der Waals surface area contributed by atoms with Gasteiger partial charge < -0.3 is 19.5 Å². The van der Waals surface area contributed by atoms with Crippen LogP contribution >= 0.6 is 11.6 Å². The lowest BCUT2D eigenvalue weighted by molar-refractivity contribution is 0.0694. The Hall–Kier alpha value is -3.48. The summed E-state index contributed by atoms with van der Waals surface area (Å²) in [6, 6.07) is 20.9. The van der Waals surface area contributed by atoms with E-state index in [2.05, 4.69) is 35.8 Å². The maximum Gasteiger partial charge on any atom is 0.339 e. The summed E-state index contributed by atoms with van der Waals surface area (Å²) >= 11 is 6.18. The SMILES string of the molecule is COc1ccccc1Oc1cc(N2CCN(CC3=C(c4ccc(Cl)cc4)CC(C)(C)CC3)CC2)ccc1C(=O)O. The molecule has 40 heavy (non-hydrogen) atoms. The Balaban J connectivity index is 1.30. The molecule has 1 aliphatic heterocycles. The van der Waals surface area contributed by atoms with Gasteiger partial charge in [0.2, 0.25) is 0 Å².